The Labute approximate surface area is 232 Å². The summed E-state index contributed by atoms with van der Waals surface area (Å²) in [5, 5.41) is 19.5. The van der Waals surface area contributed by atoms with Crippen molar-refractivity contribution in [2.75, 3.05) is 4.72 Å². The van der Waals surface area contributed by atoms with E-state index in [9.17, 15) is 31.8 Å². The lowest BCUT2D eigenvalue weighted by atomic mass is 10.0. The summed E-state index contributed by atoms with van der Waals surface area (Å²) in [6, 6.07) is 16.2. The Kier molecular flexibility index (Phi) is 8.03. The molecule has 0 saturated heterocycles. The zero-order valence-electron chi connectivity index (χ0n) is 21.5. The first-order valence-electron chi connectivity index (χ1n) is 11.9. The van der Waals surface area contributed by atoms with Gasteiger partial charge in [-0.15, -0.1) is 0 Å². The van der Waals surface area contributed by atoms with E-state index in [1.165, 1.54) is 48.6 Å². The number of rotatable bonds is 9. The summed E-state index contributed by atoms with van der Waals surface area (Å²) >= 11 is 0. The summed E-state index contributed by atoms with van der Waals surface area (Å²) in [5.74, 6) is -1.01. The van der Waals surface area contributed by atoms with Crippen LogP contribution in [-0.4, -0.2) is 33.0 Å². The van der Waals surface area contributed by atoms with Gasteiger partial charge in [0.2, 0.25) is 0 Å². The highest BCUT2D eigenvalue weighted by atomic mass is 32.2. The molecule has 12 heteroatoms. The Bertz CT molecular complexity index is 1760. The summed E-state index contributed by atoms with van der Waals surface area (Å²) in [6.07, 6.45) is 3.64. The zero-order chi connectivity index (χ0) is 29.1. The van der Waals surface area contributed by atoms with Gasteiger partial charge in [-0.3, -0.25) is 9.44 Å². The molecule has 0 radical (unpaired) electrons. The first-order chi connectivity index (χ1) is 18.9. The molecule has 1 aliphatic carbocycles. The highest BCUT2D eigenvalue weighted by Crippen LogP contribution is 2.30. The summed E-state index contributed by atoms with van der Waals surface area (Å²) in [6.45, 7) is 3.65. The normalized spacial score (nSPS) is 14.7. The summed E-state index contributed by atoms with van der Waals surface area (Å²) < 4.78 is 61.6. The Morgan fingerprint density at radius 3 is 1.90 bits per heavy atom. The number of hydrogen-bond donors (Lipinski definition) is 4. The quantitative estimate of drug-likeness (QED) is 0.263. The molecular formula is C28H26N2O8S2. The number of ether oxygens (including phenoxy) is 1. The van der Waals surface area contributed by atoms with Crippen LogP contribution in [0.3, 0.4) is 0 Å². The third-order valence-corrected chi connectivity index (χ3v) is 8.69. The lowest BCUT2D eigenvalue weighted by Gasteiger charge is -2.20. The number of allylic oxidation sites excluding steroid dienone is 4. The van der Waals surface area contributed by atoms with Crippen LogP contribution >= 0.6 is 0 Å². The summed E-state index contributed by atoms with van der Waals surface area (Å²) in [5.41, 5.74) is 1.63. The van der Waals surface area contributed by atoms with Gasteiger partial charge in [0.05, 0.1) is 33.0 Å². The first-order valence-corrected chi connectivity index (χ1v) is 14.8. The Hall–Kier alpha value is -4.55. The third-order valence-electron chi connectivity index (χ3n) is 5.92. The van der Waals surface area contributed by atoms with E-state index in [1.54, 1.807) is 24.3 Å². The molecular weight excluding hydrogens is 556 g/mol. The smallest absolute Gasteiger partial charge is 0.337 e. The molecule has 40 heavy (non-hydrogen) atoms. The maximum absolute atomic E-state index is 12.8. The van der Waals surface area contributed by atoms with E-state index in [0.717, 1.165) is 23.5 Å². The van der Waals surface area contributed by atoms with Crippen LogP contribution in [-0.2, 0) is 20.0 Å². The molecule has 0 unspecified atom stereocenters. The molecule has 0 bridgehead atoms. The molecule has 0 spiro atoms. The van der Waals surface area contributed by atoms with Gasteiger partial charge in [0.25, 0.3) is 20.0 Å². The van der Waals surface area contributed by atoms with Gasteiger partial charge in [-0.05, 0) is 68.5 Å². The van der Waals surface area contributed by atoms with E-state index >= 15 is 0 Å². The Morgan fingerprint density at radius 1 is 0.825 bits per heavy atom. The predicted octanol–water partition coefficient (Wildman–Crippen LogP) is 4.77. The van der Waals surface area contributed by atoms with Gasteiger partial charge in [0.1, 0.15) is 11.5 Å². The number of aliphatic hydroxyl groups is 1. The topological polar surface area (TPSA) is 159 Å². The van der Waals surface area contributed by atoms with Gasteiger partial charge in [-0.2, -0.15) is 0 Å². The molecule has 208 valence electrons. The fraction of sp³-hybridized carbons (Fsp3) is 0.107. The second-order valence-electron chi connectivity index (χ2n) is 9.00. The van der Waals surface area contributed by atoms with Crippen molar-refractivity contribution in [3.63, 3.8) is 0 Å². The van der Waals surface area contributed by atoms with Gasteiger partial charge >= 0.3 is 5.97 Å². The number of anilines is 1. The van der Waals surface area contributed by atoms with E-state index in [4.69, 9.17) is 4.74 Å². The van der Waals surface area contributed by atoms with Crippen molar-refractivity contribution in [1.82, 2.24) is 4.72 Å². The first kappa shape index (κ1) is 28.5. The minimum absolute atomic E-state index is 0.0110. The average molecular weight is 583 g/mol. The molecule has 0 aromatic heterocycles. The number of aryl methyl sites for hydroxylation is 2. The highest BCUT2D eigenvalue weighted by molar-refractivity contribution is 7.92. The largest absolute Gasteiger partial charge is 0.515 e. The third kappa shape index (κ3) is 6.53. The number of aliphatic hydroxyl groups excluding tert-OH is 1. The van der Waals surface area contributed by atoms with Crippen molar-refractivity contribution in [2.45, 2.75) is 30.1 Å². The van der Waals surface area contributed by atoms with Crippen LogP contribution in [0, 0.1) is 13.8 Å². The molecule has 3 aromatic carbocycles. The van der Waals surface area contributed by atoms with Crippen LogP contribution in [0.2, 0.25) is 0 Å². The van der Waals surface area contributed by atoms with Gasteiger partial charge in [0, 0.05) is 12.0 Å². The van der Waals surface area contributed by atoms with E-state index in [-0.39, 0.29) is 50.2 Å². The van der Waals surface area contributed by atoms with Crippen molar-refractivity contribution in [2.24, 2.45) is 0 Å². The Morgan fingerprint density at radius 2 is 1.38 bits per heavy atom. The lowest BCUT2D eigenvalue weighted by molar-refractivity contribution is 0.0697. The standard InChI is InChI=1S/C28H26N2O8S2/c1-18-3-9-23(10-4-18)39(34,35)29-26-13-7-21(15-20(26)17-31)38-22-8-14-27(25(16-22)28(32)33)30-40(36,37)24-11-5-19(2)6-12-24/h3-14,16-17,29-31H,15H2,1-2H3,(H,32,33)/b20-17-. The number of sulfonamides is 2. The van der Waals surface area contributed by atoms with Crippen molar-refractivity contribution >= 4 is 31.7 Å². The molecule has 0 fully saturated rings. The Balaban J connectivity index is 1.55. The average Bonchev–Trinajstić information content (AvgIpc) is 2.90. The van der Waals surface area contributed by atoms with Crippen molar-refractivity contribution in [3.8, 4) is 5.75 Å². The molecule has 1 aliphatic rings. The van der Waals surface area contributed by atoms with Crippen molar-refractivity contribution in [3.05, 3.63) is 119 Å². The second-order valence-corrected chi connectivity index (χ2v) is 12.4. The second kappa shape index (κ2) is 11.3. The van der Waals surface area contributed by atoms with E-state index in [1.807, 2.05) is 13.8 Å². The number of hydrogen-bond acceptors (Lipinski definition) is 7. The SMILES string of the molecule is Cc1ccc(S(=O)(=O)NC2=CC=C(Oc3ccc(NS(=O)(=O)c4ccc(C)cc4)c(C(=O)O)c3)C/C2=C/O)cc1. The lowest BCUT2D eigenvalue weighted by Crippen LogP contribution is -2.25. The van der Waals surface area contributed by atoms with Gasteiger partial charge < -0.3 is 14.9 Å². The molecule has 3 aromatic rings. The van der Waals surface area contributed by atoms with Crippen molar-refractivity contribution in [1.29, 1.82) is 0 Å². The molecule has 0 aliphatic heterocycles. The maximum atomic E-state index is 12.8. The highest BCUT2D eigenvalue weighted by Gasteiger charge is 2.23. The molecule has 0 heterocycles. The molecule has 0 atom stereocenters. The van der Waals surface area contributed by atoms with Crippen LogP contribution in [0.25, 0.3) is 0 Å². The minimum Gasteiger partial charge on any atom is -0.515 e. The van der Waals surface area contributed by atoms with Crippen LogP contribution in [0.5, 0.6) is 5.75 Å². The fourth-order valence-corrected chi connectivity index (χ4v) is 5.94. The fourth-order valence-electron chi connectivity index (χ4n) is 3.76. The number of aromatic carboxylic acids is 1. The minimum atomic E-state index is -4.04. The maximum Gasteiger partial charge on any atom is 0.337 e. The molecule has 4 N–H and O–H groups in total. The van der Waals surface area contributed by atoms with Gasteiger partial charge in [-0.25, -0.2) is 21.6 Å². The number of carbonyl (C=O) groups is 1. The molecule has 4 rings (SSSR count). The molecule has 0 saturated carbocycles. The summed E-state index contributed by atoms with van der Waals surface area (Å²) in [4.78, 5) is 12.0. The van der Waals surface area contributed by atoms with Gasteiger partial charge in [0.15, 0.2) is 0 Å². The zero-order valence-corrected chi connectivity index (χ0v) is 23.1. The van der Waals surface area contributed by atoms with Crippen molar-refractivity contribution < 1.29 is 36.6 Å². The predicted molar refractivity (Wildman–Crippen MR) is 149 cm³/mol. The van der Waals surface area contributed by atoms with E-state index < -0.39 is 26.0 Å². The van der Waals surface area contributed by atoms with Crippen LogP contribution in [0.4, 0.5) is 5.69 Å². The number of nitrogens with one attached hydrogen (secondary N) is 2. The monoisotopic (exact) mass is 582 g/mol. The van der Waals surface area contributed by atoms with E-state index in [0.29, 0.717) is 0 Å². The van der Waals surface area contributed by atoms with Crippen LogP contribution in [0.1, 0.15) is 27.9 Å². The number of benzene rings is 3. The molecule has 0 amide bonds. The van der Waals surface area contributed by atoms with E-state index in [2.05, 4.69) is 9.44 Å². The number of carboxylic acids is 1. The molecule has 10 nitrogen and oxygen atoms in total. The van der Waals surface area contributed by atoms with Crippen LogP contribution in [0.15, 0.2) is 112 Å². The van der Waals surface area contributed by atoms with Gasteiger partial charge in [-0.1, -0.05) is 35.4 Å². The summed E-state index contributed by atoms with van der Waals surface area (Å²) in [7, 11) is -7.96. The number of carboxylic acid groups (broad SMARTS) is 1. The van der Waals surface area contributed by atoms with Crippen LogP contribution < -0.4 is 14.2 Å².